The first-order valence-electron chi connectivity index (χ1n) is 8.19. The van der Waals surface area contributed by atoms with E-state index in [-0.39, 0.29) is 29.8 Å². The zero-order chi connectivity index (χ0) is 18.0. The van der Waals surface area contributed by atoms with Crippen LogP contribution in [0.3, 0.4) is 0 Å². The van der Waals surface area contributed by atoms with Crippen LogP contribution in [0.4, 0.5) is 10.5 Å². The molecule has 25 heavy (non-hydrogen) atoms. The molecule has 0 aromatic heterocycles. The first-order chi connectivity index (χ1) is 11.8. The van der Waals surface area contributed by atoms with Crippen LogP contribution in [0.2, 0.25) is 0 Å². The maximum Gasteiger partial charge on any atom is 0.315 e. The number of urea groups is 1. The Morgan fingerprint density at radius 2 is 1.92 bits per heavy atom. The van der Waals surface area contributed by atoms with Gasteiger partial charge in [-0.25, -0.2) is 13.2 Å². The average Bonchev–Trinajstić information content (AvgIpc) is 2.98. The molecule has 136 valence electrons. The van der Waals surface area contributed by atoms with Gasteiger partial charge in [-0.1, -0.05) is 6.42 Å². The largest absolute Gasteiger partial charge is 0.332 e. The molecule has 3 rings (SSSR count). The molecule has 1 aromatic rings. The fraction of sp³-hybridized carbons (Fsp3) is 0.500. The third-order valence-electron chi connectivity index (χ3n) is 4.59. The normalized spacial score (nSPS) is 26.6. The highest BCUT2D eigenvalue weighted by molar-refractivity contribution is 14.1. The van der Waals surface area contributed by atoms with E-state index in [0.717, 1.165) is 9.26 Å². The second-order valence-corrected chi connectivity index (χ2v) is 9.93. The van der Waals surface area contributed by atoms with Crippen molar-refractivity contribution in [3.8, 4) is 0 Å². The van der Waals surface area contributed by atoms with Crippen LogP contribution in [0.15, 0.2) is 24.3 Å². The van der Waals surface area contributed by atoms with Crippen molar-refractivity contribution >= 4 is 50.1 Å². The average molecular weight is 477 g/mol. The second kappa shape index (κ2) is 7.48. The quantitative estimate of drug-likeness (QED) is 0.329. The van der Waals surface area contributed by atoms with Crippen LogP contribution >= 0.6 is 22.6 Å². The number of anilines is 1. The Labute approximate surface area is 160 Å². The molecule has 0 aliphatic carbocycles. The Kier molecular flexibility index (Phi) is 5.52. The maximum atomic E-state index is 12.2. The first-order valence-corrected chi connectivity index (χ1v) is 11.0. The van der Waals surface area contributed by atoms with E-state index in [2.05, 4.69) is 38.5 Å². The van der Waals surface area contributed by atoms with Gasteiger partial charge in [-0.2, -0.15) is 0 Å². The molecule has 3 amide bonds. The lowest BCUT2D eigenvalue weighted by Crippen LogP contribution is -2.39. The molecule has 0 spiro atoms. The molecule has 2 heterocycles. The van der Waals surface area contributed by atoms with Crippen molar-refractivity contribution in [2.45, 2.75) is 43.0 Å². The summed E-state index contributed by atoms with van der Waals surface area (Å²) in [7, 11) is -3.20. The van der Waals surface area contributed by atoms with Crippen molar-refractivity contribution in [2.24, 2.45) is 0 Å². The molecule has 2 fully saturated rings. The van der Waals surface area contributed by atoms with Gasteiger partial charge in [0, 0.05) is 15.7 Å². The van der Waals surface area contributed by atoms with Crippen molar-refractivity contribution in [3.05, 3.63) is 27.8 Å². The highest BCUT2D eigenvalue weighted by Gasteiger charge is 2.51. The standard InChI is InChI=1S/C16H20IN3O4S/c17-10-5-7-11(8-6-10)18-14(21)4-2-1-3-13-15-12(9-25(13,23)24)19-16(22)20-15/h5-8,12-13,15H,1-4,9H2,(H,18,21)(H2,19,20,22). The van der Waals surface area contributed by atoms with E-state index in [1.54, 1.807) is 0 Å². The van der Waals surface area contributed by atoms with Crippen LogP contribution in [0.25, 0.3) is 0 Å². The number of rotatable bonds is 6. The van der Waals surface area contributed by atoms with Crippen molar-refractivity contribution in [1.82, 2.24) is 10.6 Å². The number of hydrogen-bond acceptors (Lipinski definition) is 4. The van der Waals surface area contributed by atoms with E-state index >= 15 is 0 Å². The summed E-state index contributed by atoms with van der Waals surface area (Å²) in [5.41, 5.74) is 0.756. The summed E-state index contributed by atoms with van der Waals surface area (Å²) >= 11 is 2.20. The van der Waals surface area contributed by atoms with Gasteiger partial charge in [0.2, 0.25) is 5.91 Å². The minimum Gasteiger partial charge on any atom is -0.332 e. The predicted molar refractivity (Wildman–Crippen MR) is 103 cm³/mol. The van der Waals surface area contributed by atoms with Crippen molar-refractivity contribution in [1.29, 1.82) is 0 Å². The number of nitrogens with one attached hydrogen (secondary N) is 3. The number of fused-ring (bicyclic) bond motifs is 1. The minimum atomic E-state index is -3.20. The molecular weight excluding hydrogens is 457 g/mol. The van der Waals surface area contributed by atoms with Crippen molar-refractivity contribution < 1.29 is 18.0 Å². The molecule has 0 bridgehead atoms. The predicted octanol–water partition coefficient (Wildman–Crippen LogP) is 1.64. The van der Waals surface area contributed by atoms with Gasteiger partial charge in [0.25, 0.3) is 0 Å². The fourth-order valence-corrected chi connectivity index (χ4v) is 6.02. The van der Waals surface area contributed by atoms with Gasteiger partial charge in [0.05, 0.1) is 23.1 Å². The third kappa shape index (κ3) is 4.43. The molecular formula is C16H20IN3O4S. The molecule has 0 saturated carbocycles. The molecule has 0 radical (unpaired) electrons. The van der Waals surface area contributed by atoms with E-state index < -0.39 is 15.1 Å². The molecule has 1 aromatic carbocycles. The molecule has 7 nitrogen and oxygen atoms in total. The van der Waals surface area contributed by atoms with E-state index in [4.69, 9.17) is 0 Å². The Hall–Kier alpha value is -1.36. The van der Waals surface area contributed by atoms with E-state index in [1.165, 1.54) is 0 Å². The summed E-state index contributed by atoms with van der Waals surface area (Å²) in [6, 6.07) is 6.56. The number of amides is 3. The third-order valence-corrected chi connectivity index (χ3v) is 7.59. The van der Waals surface area contributed by atoms with Gasteiger partial charge < -0.3 is 16.0 Å². The molecule has 3 unspecified atom stereocenters. The van der Waals surface area contributed by atoms with Gasteiger partial charge in [0.15, 0.2) is 9.84 Å². The number of halogens is 1. The van der Waals surface area contributed by atoms with Gasteiger partial charge in [-0.3, -0.25) is 4.79 Å². The highest BCUT2D eigenvalue weighted by Crippen LogP contribution is 2.28. The number of unbranched alkanes of at least 4 members (excludes halogenated alkanes) is 1. The molecule has 2 aliphatic rings. The van der Waals surface area contributed by atoms with Crippen LogP contribution in [-0.4, -0.2) is 43.4 Å². The lowest BCUT2D eigenvalue weighted by atomic mass is 10.0. The summed E-state index contributed by atoms with van der Waals surface area (Å²) in [6.45, 7) is 0. The summed E-state index contributed by atoms with van der Waals surface area (Å²) < 4.78 is 25.5. The Balaban J connectivity index is 1.44. The van der Waals surface area contributed by atoms with E-state index in [9.17, 15) is 18.0 Å². The number of sulfone groups is 1. The smallest absolute Gasteiger partial charge is 0.315 e. The van der Waals surface area contributed by atoms with Crippen molar-refractivity contribution in [3.63, 3.8) is 0 Å². The van der Waals surface area contributed by atoms with Crippen LogP contribution < -0.4 is 16.0 Å². The lowest BCUT2D eigenvalue weighted by molar-refractivity contribution is -0.116. The van der Waals surface area contributed by atoms with Gasteiger partial charge in [-0.15, -0.1) is 0 Å². The lowest BCUT2D eigenvalue weighted by Gasteiger charge is -2.16. The minimum absolute atomic E-state index is 0.00559. The van der Waals surface area contributed by atoms with Crippen LogP contribution in [0.1, 0.15) is 25.7 Å². The maximum absolute atomic E-state index is 12.2. The van der Waals surface area contributed by atoms with Crippen LogP contribution in [0, 0.1) is 3.57 Å². The molecule has 2 saturated heterocycles. The molecule has 3 atom stereocenters. The van der Waals surface area contributed by atoms with E-state index in [0.29, 0.717) is 25.7 Å². The number of benzene rings is 1. The van der Waals surface area contributed by atoms with Gasteiger partial charge in [0.1, 0.15) is 0 Å². The monoisotopic (exact) mass is 477 g/mol. The topological polar surface area (TPSA) is 104 Å². The highest BCUT2D eigenvalue weighted by atomic mass is 127. The van der Waals surface area contributed by atoms with Crippen molar-refractivity contribution in [2.75, 3.05) is 11.1 Å². The number of carbonyl (C=O) groups excluding carboxylic acids is 2. The Bertz CT molecular complexity index is 766. The molecule has 2 aliphatic heterocycles. The van der Waals surface area contributed by atoms with E-state index in [1.807, 2.05) is 24.3 Å². The summed E-state index contributed by atoms with van der Waals surface area (Å²) in [5, 5.41) is 7.62. The van der Waals surface area contributed by atoms with Gasteiger partial charge >= 0.3 is 6.03 Å². The number of hydrogen-bond donors (Lipinski definition) is 3. The molecule has 3 N–H and O–H groups in total. The fourth-order valence-electron chi connectivity index (χ4n) is 3.39. The van der Waals surface area contributed by atoms with Gasteiger partial charge in [-0.05, 0) is 59.7 Å². The summed E-state index contributed by atoms with van der Waals surface area (Å²) in [5.74, 6) is -0.0850. The zero-order valence-electron chi connectivity index (χ0n) is 13.5. The SMILES string of the molecule is O=C(CCCCC1C2NC(=O)NC2CS1(=O)=O)Nc1ccc(I)cc1. The van der Waals surface area contributed by atoms with Crippen LogP contribution in [-0.2, 0) is 14.6 Å². The summed E-state index contributed by atoms with van der Waals surface area (Å²) in [4.78, 5) is 23.3. The Morgan fingerprint density at radius 1 is 1.20 bits per heavy atom. The second-order valence-electron chi connectivity index (χ2n) is 6.42. The van der Waals surface area contributed by atoms with Crippen LogP contribution in [0.5, 0.6) is 0 Å². The first kappa shape index (κ1) is 18.4. The summed E-state index contributed by atoms with van der Waals surface area (Å²) in [6.07, 6.45) is 2.05. The Morgan fingerprint density at radius 3 is 2.64 bits per heavy atom. The zero-order valence-corrected chi connectivity index (χ0v) is 16.5. The number of carbonyl (C=O) groups is 2. The molecule has 9 heteroatoms.